The number of benzene rings is 2. The number of hydrogen-bond donors (Lipinski definition) is 2. The van der Waals surface area contributed by atoms with Crippen LogP contribution in [0.25, 0.3) is 0 Å². The first-order valence-electron chi connectivity index (χ1n) is 7.48. The van der Waals surface area contributed by atoms with Crippen LogP contribution in [0.2, 0.25) is 0 Å². The Hall–Kier alpha value is -2.38. The predicted molar refractivity (Wildman–Crippen MR) is 91.0 cm³/mol. The molecule has 0 radical (unpaired) electrons. The van der Waals surface area contributed by atoms with Gasteiger partial charge in [-0.05, 0) is 41.8 Å². The van der Waals surface area contributed by atoms with E-state index < -0.39 is 10.0 Å². The minimum Gasteiger partial charge on any atom is -0.484 e. The smallest absolute Gasteiger partial charge is 0.258 e. The average Bonchev–Trinajstić information content (AvgIpc) is 2.58. The van der Waals surface area contributed by atoms with E-state index >= 15 is 0 Å². The van der Waals surface area contributed by atoms with Crippen molar-refractivity contribution in [3.63, 3.8) is 0 Å². The normalized spacial score (nSPS) is 11.1. The van der Waals surface area contributed by atoms with Gasteiger partial charge in [-0.25, -0.2) is 13.6 Å². The second-order valence-electron chi connectivity index (χ2n) is 5.25. The van der Waals surface area contributed by atoms with Crippen molar-refractivity contribution in [3.8, 4) is 5.75 Å². The number of nitrogens with two attached hydrogens (primary N) is 1. The standard InChI is InChI=1S/C17H20N2O4S/c1-2-13-3-7-15(8-4-13)23-12-17(20)19-11-14-5-9-16(10-6-14)24(18,21)22/h3-10H,2,11-12H2,1H3,(H,19,20)(H2,18,21,22). The number of aryl methyl sites for hydroxylation is 1. The summed E-state index contributed by atoms with van der Waals surface area (Å²) in [5, 5.41) is 7.73. The molecule has 1 amide bonds. The molecule has 7 heteroatoms. The quantitative estimate of drug-likeness (QED) is 0.794. The molecular formula is C17H20N2O4S. The van der Waals surface area contributed by atoms with E-state index in [1.54, 1.807) is 12.1 Å². The van der Waals surface area contributed by atoms with E-state index in [1.807, 2.05) is 24.3 Å². The molecule has 0 spiro atoms. The first-order chi connectivity index (χ1) is 11.4. The number of ether oxygens (including phenoxy) is 1. The zero-order chi connectivity index (χ0) is 17.6. The van der Waals surface area contributed by atoms with Crippen molar-refractivity contribution >= 4 is 15.9 Å². The van der Waals surface area contributed by atoms with Gasteiger partial charge >= 0.3 is 0 Å². The zero-order valence-corrected chi connectivity index (χ0v) is 14.2. The summed E-state index contributed by atoms with van der Waals surface area (Å²) in [6, 6.07) is 13.6. The molecular weight excluding hydrogens is 328 g/mol. The fourth-order valence-electron chi connectivity index (χ4n) is 2.02. The number of hydrogen-bond acceptors (Lipinski definition) is 4. The molecule has 0 aliphatic rings. The lowest BCUT2D eigenvalue weighted by molar-refractivity contribution is -0.123. The molecule has 0 atom stereocenters. The Bertz CT molecular complexity index is 784. The van der Waals surface area contributed by atoms with Gasteiger partial charge in [0, 0.05) is 6.54 Å². The summed E-state index contributed by atoms with van der Waals surface area (Å²) in [5.74, 6) is 0.380. The fraction of sp³-hybridized carbons (Fsp3) is 0.235. The number of sulfonamides is 1. The van der Waals surface area contributed by atoms with Crippen LogP contribution in [-0.2, 0) is 27.8 Å². The number of primary sulfonamides is 1. The highest BCUT2D eigenvalue weighted by molar-refractivity contribution is 7.89. The van der Waals surface area contributed by atoms with Gasteiger partial charge in [-0.15, -0.1) is 0 Å². The minimum absolute atomic E-state index is 0.0384. The molecule has 0 unspecified atom stereocenters. The molecule has 0 aromatic heterocycles. The van der Waals surface area contributed by atoms with Gasteiger partial charge in [-0.3, -0.25) is 4.79 Å². The van der Waals surface area contributed by atoms with Gasteiger partial charge in [0.25, 0.3) is 5.91 Å². The minimum atomic E-state index is -3.70. The molecule has 0 saturated heterocycles. The molecule has 2 rings (SSSR count). The van der Waals surface area contributed by atoms with Crippen LogP contribution >= 0.6 is 0 Å². The van der Waals surface area contributed by atoms with Crippen LogP contribution in [0.15, 0.2) is 53.4 Å². The molecule has 2 aromatic rings. The Labute approximate surface area is 141 Å². The maximum absolute atomic E-state index is 11.8. The lowest BCUT2D eigenvalue weighted by Gasteiger charge is -2.08. The summed E-state index contributed by atoms with van der Waals surface area (Å²) in [4.78, 5) is 11.8. The third-order valence-corrected chi connectivity index (χ3v) is 4.37. The summed E-state index contributed by atoms with van der Waals surface area (Å²) in [6.07, 6.45) is 0.949. The largest absolute Gasteiger partial charge is 0.484 e. The van der Waals surface area contributed by atoms with E-state index in [4.69, 9.17) is 9.88 Å². The van der Waals surface area contributed by atoms with Gasteiger partial charge in [0.1, 0.15) is 5.75 Å². The molecule has 6 nitrogen and oxygen atoms in total. The number of rotatable bonds is 7. The van der Waals surface area contributed by atoms with Crippen molar-refractivity contribution in [3.05, 3.63) is 59.7 Å². The van der Waals surface area contributed by atoms with E-state index in [9.17, 15) is 13.2 Å². The summed E-state index contributed by atoms with van der Waals surface area (Å²) >= 11 is 0. The molecule has 0 fully saturated rings. The Morgan fingerprint density at radius 3 is 2.17 bits per heavy atom. The number of carbonyl (C=O) groups excluding carboxylic acids is 1. The highest BCUT2D eigenvalue weighted by Gasteiger charge is 2.07. The van der Waals surface area contributed by atoms with Gasteiger partial charge in [-0.2, -0.15) is 0 Å². The van der Waals surface area contributed by atoms with Crippen molar-refractivity contribution in [1.82, 2.24) is 5.32 Å². The fourth-order valence-corrected chi connectivity index (χ4v) is 2.53. The van der Waals surface area contributed by atoms with Crippen LogP contribution in [0, 0.1) is 0 Å². The third kappa shape index (κ3) is 5.36. The van der Waals surface area contributed by atoms with Crippen molar-refractivity contribution in [1.29, 1.82) is 0 Å². The van der Waals surface area contributed by atoms with Gasteiger partial charge in [0.05, 0.1) is 4.90 Å². The van der Waals surface area contributed by atoms with E-state index in [1.165, 1.54) is 17.7 Å². The van der Waals surface area contributed by atoms with Crippen LogP contribution in [0.5, 0.6) is 5.75 Å². The number of nitrogens with one attached hydrogen (secondary N) is 1. The van der Waals surface area contributed by atoms with Gasteiger partial charge < -0.3 is 10.1 Å². The SMILES string of the molecule is CCc1ccc(OCC(=O)NCc2ccc(S(N)(=O)=O)cc2)cc1. The van der Waals surface area contributed by atoms with Crippen molar-refractivity contribution in [2.24, 2.45) is 5.14 Å². The lowest BCUT2D eigenvalue weighted by Crippen LogP contribution is -2.28. The molecule has 3 N–H and O–H groups in total. The summed E-state index contributed by atoms with van der Waals surface area (Å²) in [7, 11) is -3.70. The molecule has 0 bridgehead atoms. The highest BCUT2D eigenvalue weighted by atomic mass is 32.2. The molecule has 128 valence electrons. The maximum Gasteiger partial charge on any atom is 0.258 e. The van der Waals surface area contributed by atoms with Crippen LogP contribution < -0.4 is 15.2 Å². The van der Waals surface area contributed by atoms with Crippen LogP contribution in [0.3, 0.4) is 0 Å². The van der Waals surface area contributed by atoms with Gasteiger partial charge in [0.2, 0.25) is 10.0 Å². The van der Waals surface area contributed by atoms with Crippen LogP contribution in [-0.4, -0.2) is 20.9 Å². The van der Waals surface area contributed by atoms with E-state index in [-0.39, 0.29) is 24.0 Å². The van der Waals surface area contributed by atoms with E-state index in [0.717, 1.165) is 12.0 Å². The molecule has 24 heavy (non-hydrogen) atoms. The van der Waals surface area contributed by atoms with E-state index in [0.29, 0.717) is 5.75 Å². The molecule has 0 saturated carbocycles. The maximum atomic E-state index is 11.8. The van der Waals surface area contributed by atoms with E-state index in [2.05, 4.69) is 12.2 Å². The van der Waals surface area contributed by atoms with Crippen LogP contribution in [0.1, 0.15) is 18.1 Å². The molecule has 0 heterocycles. The second-order valence-corrected chi connectivity index (χ2v) is 6.81. The zero-order valence-electron chi connectivity index (χ0n) is 13.4. The highest BCUT2D eigenvalue weighted by Crippen LogP contribution is 2.12. The second kappa shape index (κ2) is 7.94. The van der Waals surface area contributed by atoms with Crippen molar-refractivity contribution in [2.45, 2.75) is 24.8 Å². The summed E-state index contributed by atoms with van der Waals surface area (Å²) in [5.41, 5.74) is 1.97. The lowest BCUT2D eigenvalue weighted by atomic mass is 10.2. The molecule has 0 aliphatic carbocycles. The molecule has 0 aliphatic heterocycles. The van der Waals surface area contributed by atoms with Crippen molar-refractivity contribution in [2.75, 3.05) is 6.61 Å². The number of amides is 1. The molecule has 2 aromatic carbocycles. The Kier molecular flexibility index (Phi) is 5.94. The Morgan fingerprint density at radius 2 is 1.62 bits per heavy atom. The Morgan fingerprint density at radius 1 is 1.04 bits per heavy atom. The summed E-state index contributed by atoms with van der Waals surface area (Å²) in [6.45, 7) is 2.27. The van der Waals surface area contributed by atoms with Crippen molar-refractivity contribution < 1.29 is 17.9 Å². The Balaban J connectivity index is 1.80. The van der Waals surface area contributed by atoms with Gasteiger partial charge in [0.15, 0.2) is 6.61 Å². The topological polar surface area (TPSA) is 98.5 Å². The van der Waals surface area contributed by atoms with Crippen LogP contribution in [0.4, 0.5) is 0 Å². The predicted octanol–water partition coefficient (Wildman–Crippen LogP) is 1.59. The monoisotopic (exact) mass is 348 g/mol. The third-order valence-electron chi connectivity index (χ3n) is 3.44. The summed E-state index contributed by atoms with van der Waals surface area (Å²) < 4.78 is 27.7. The number of carbonyl (C=O) groups is 1. The van der Waals surface area contributed by atoms with Gasteiger partial charge in [-0.1, -0.05) is 31.2 Å². The first kappa shape index (κ1) is 18.0. The average molecular weight is 348 g/mol. The first-order valence-corrected chi connectivity index (χ1v) is 9.03.